The highest BCUT2D eigenvalue weighted by atomic mass is 79.9. The summed E-state index contributed by atoms with van der Waals surface area (Å²) in [6, 6.07) is 6.03. The lowest BCUT2D eigenvalue weighted by Crippen LogP contribution is -2.11. The number of nitrogens with zero attached hydrogens (tertiary/aromatic N) is 2. The van der Waals surface area contributed by atoms with Gasteiger partial charge in [-0.25, -0.2) is 4.98 Å². The van der Waals surface area contributed by atoms with Crippen molar-refractivity contribution in [2.45, 2.75) is 32.4 Å². The Labute approximate surface area is 127 Å². The van der Waals surface area contributed by atoms with Crippen LogP contribution in [0.4, 0.5) is 0 Å². The van der Waals surface area contributed by atoms with Crippen LogP contribution in [0.3, 0.4) is 0 Å². The van der Waals surface area contributed by atoms with Crippen LogP contribution in [0.5, 0.6) is 5.75 Å². The molecule has 0 aliphatic rings. The van der Waals surface area contributed by atoms with Gasteiger partial charge in [-0.05, 0) is 37.6 Å². The number of halogens is 1. The molecule has 0 bridgehead atoms. The molecule has 1 unspecified atom stereocenters. The van der Waals surface area contributed by atoms with Gasteiger partial charge in [-0.2, -0.15) is 0 Å². The summed E-state index contributed by atoms with van der Waals surface area (Å²) < 4.78 is 8.17. The minimum Gasteiger partial charge on any atom is -0.497 e. The molecule has 1 aromatic carbocycles. The predicted molar refractivity (Wildman–Crippen MR) is 82.0 cm³/mol. The molecule has 5 heteroatoms. The summed E-state index contributed by atoms with van der Waals surface area (Å²) in [7, 11) is 1.64. The zero-order valence-electron chi connectivity index (χ0n) is 11.9. The monoisotopic (exact) mass is 338 g/mol. The van der Waals surface area contributed by atoms with Crippen LogP contribution in [-0.4, -0.2) is 21.8 Å². The molecule has 1 heterocycles. The van der Waals surface area contributed by atoms with E-state index in [0.717, 1.165) is 21.5 Å². The van der Waals surface area contributed by atoms with E-state index in [0.29, 0.717) is 6.42 Å². The molecule has 0 saturated carbocycles. The smallest absolute Gasteiger partial charge is 0.119 e. The van der Waals surface area contributed by atoms with Gasteiger partial charge in [0, 0.05) is 16.9 Å². The Hall–Kier alpha value is -1.33. The number of hydrogen-bond acceptors (Lipinski definition) is 3. The number of methoxy groups -OCH3 is 1. The van der Waals surface area contributed by atoms with Crippen molar-refractivity contribution in [1.82, 2.24) is 9.55 Å². The second-order valence-corrected chi connectivity index (χ2v) is 5.85. The summed E-state index contributed by atoms with van der Waals surface area (Å²) >= 11 is 3.51. The number of hydrogen-bond donors (Lipinski definition) is 1. The lowest BCUT2D eigenvalue weighted by atomic mass is 10.1. The Morgan fingerprint density at radius 1 is 1.40 bits per heavy atom. The minimum atomic E-state index is -0.594. The predicted octanol–water partition coefficient (Wildman–Crippen LogP) is 3.51. The van der Waals surface area contributed by atoms with Crippen LogP contribution >= 0.6 is 15.9 Å². The first-order valence-electron chi connectivity index (χ1n) is 6.55. The largest absolute Gasteiger partial charge is 0.497 e. The first-order chi connectivity index (χ1) is 9.52. The zero-order valence-corrected chi connectivity index (χ0v) is 13.5. The standard InChI is InChI=1S/C15H19BrN2O2/c1-10(2)18-9-17-8-14(18)15(19)7-11-6-12(20-3)4-5-13(11)16/h4-6,8-10,15,19H,7H2,1-3H3. The Bertz CT molecular complexity index is 581. The first-order valence-corrected chi connectivity index (χ1v) is 7.34. The van der Waals surface area contributed by atoms with E-state index < -0.39 is 6.10 Å². The Kier molecular flexibility index (Phi) is 4.83. The molecule has 0 saturated heterocycles. The normalized spacial score (nSPS) is 12.7. The van der Waals surface area contributed by atoms with Crippen LogP contribution in [-0.2, 0) is 6.42 Å². The Balaban J connectivity index is 2.23. The third-order valence-electron chi connectivity index (χ3n) is 3.26. The van der Waals surface area contributed by atoms with E-state index in [2.05, 4.69) is 34.8 Å². The van der Waals surface area contributed by atoms with Crippen molar-refractivity contribution in [3.8, 4) is 5.75 Å². The van der Waals surface area contributed by atoms with E-state index in [1.807, 2.05) is 22.8 Å². The molecule has 2 aromatic rings. The molecule has 2 rings (SSSR count). The molecular weight excluding hydrogens is 320 g/mol. The third kappa shape index (κ3) is 3.22. The van der Waals surface area contributed by atoms with Gasteiger partial charge in [-0.15, -0.1) is 0 Å². The Morgan fingerprint density at radius 2 is 2.15 bits per heavy atom. The number of imidazole rings is 1. The number of rotatable bonds is 5. The highest BCUT2D eigenvalue weighted by molar-refractivity contribution is 9.10. The average Bonchev–Trinajstić information content (AvgIpc) is 2.90. The molecular formula is C15H19BrN2O2. The summed E-state index contributed by atoms with van der Waals surface area (Å²) in [5, 5.41) is 10.5. The number of benzene rings is 1. The second kappa shape index (κ2) is 6.41. The number of aliphatic hydroxyl groups is 1. The van der Waals surface area contributed by atoms with Crippen molar-refractivity contribution >= 4 is 15.9 Å². The lowest BCUT2D eigenvalue weighted by molar-refractivity contribution is 0.167. The van der Waals surface area contributed by atoms with E-state index in [1.54, 1.807) is 19.6 Å². The topological polar surface area (TPSA) is 47.3 Å². The van der Waals surface area contributed by atoms with Gasteiger partial charge in [-0.1, -0.05) is 15.9 Å². The molecule has 4 nitrogen and oxygen atoms in total. The quantitative estimate of drug-likeness (QED) is 0.907. The van der Waals surface area contributed by atoms with Gasteiger partial charge < -0.3 is 14.4 Å². The van der Waals surface area contributed by atoms with Crippen LogP contribution in [0.25, 0.3) is 0 Å². The summed E-state index contributed by atoms with van der Waals surface area (Å²) in [4.78, 5) is 4.13. The molecule has 20 heavy (non-hydrogen) atoms. The molecule has 0 amide bonds. The van der Waals surface area contributed by atoms with Crippen LogP contribution in [0.2, 0.25) is 0 Å². The first kappa shape index (κ1) is 15.1. The summed E-state index contributed by atoms with van der Waals surface area (Å²) in [6.45, 7) is 4.14. The van der Waals surface area contributed by atoms with Crippen LogP contribution in [0.15, 0.2) is 35.2 Å². The molecule has 0 radical (unpaired) electrons. The molecule has 108 valence electrons. The van der Waals surface area contributed by atoms with Crippen molar-refractivity contribution < 1.29 is 9.84 Å². The van der Waals surface area contributed by atoms with E-state index in [9.17, 15) is 5.11 Å². The van der Waals surface area contributed by atoms with Gasteiger partial charge >= 0.3 is 0 Å². The van der Waals surface area contributed by atoms with E-state index in [1.165, 1.54) is 0 Å². The van der Waals surface area contributed by atoms with Gasteiger partial charge in [0.1, 0.15) is 5.75 Å². The van der Waals surface area contributed by atoms with Crippen molar-refractivity contribution in [3.63, 3.8) is 0 Å². The van der Waals surface area contributed by atoms with Gasteiger partial charge in [0.05, 0.1) is 31.4 Å². The molecule has 1 aromatic heterocycles. The van der Waals surface area contributed by atoms with E-state index >= 15 is 0 Å². The molecule has 1 atom stereocenters. The molecule has 1 N–H and O–H groups in total. The van der Waals surface area contributed by atoms with Crippen LogP contribution < -0.4 is 4.74 Å². The van der Waals surface area contributed by atoms with Gasteiger partial charge in [-0.3, -0.25) is 0 Å². The fourth-order valence-corrected chi connectivity index (χ4v) is 2.56. The van der Waals surface area contributed by atoms with Gasteiger partial charge in [0.25, 0.3) is 0 Å². The van der Waals surface area contributed by atoms with Gasteiger partial charge in [0.15, 0.2) is 0 Å². The fraction of sp³-hybridized carbons (Fsp3) is 0.400. The summed E-state index contributed by atoms with van der Waals surface area (Å²) in [6.07, 6.45) is 3.39. The van der Waals surface area contributed by atoms with Crippen molar-refractivity contribution in [1.29, 1.82) is 0 Å². The van der Waals surface area contributed by atoms with Crippen LogP contribution in [0.1, 0.15) is 37.3 Å². The third-order valence-corrected chi connectivity index (χ3v) is 4.03. The summed E-state index contributed by atoms with van der Waals surface area (Å²) in [5.74, 6) is 0.785. The van der Waals surface area contributed by atoms with Gasteiger partial charge in [0.2, 0.25) is 0 Å². The summed E-state index contributed by atoms with van der Waals surface area (Å²) in [5.41, 5.74) is 1.84. The van der Waals surface area contributed by atoms with Crippen molar-refractivity contribution in [2.75, 3.05) is 7.11 Å². The maximum atomic E-state index is 10.5. The number of aromatic nitrogens is 2. The Morgan fingerprint density at radius 3 is 2.80 bits per heavy atom. The molecule has 0 aliphatic carbocycles. The fourth-order valence-electron chi connectivity index (χ4n) is 2.15. The SMILES string of the molecule is COc1ccc(Br)c(CC(O)c2cncn2C(C)C)c1. The average molecular weight is 339 g/mol. The molecule has 0 fully saturated rings. The van der Waals surface area contributed by atoms with Crippen molar-refractivity contribution in [2.24, 2.45) is 0 Å². The maximum Gasteiger partial charge on any atom is 0.119 e. The number of ether oxygens (including phenoxy) is 1. The molecule has 0 aliphatic heterocycles. The maximum absolute atomic E-state index is 10.5. The number of aliphatic hydroxyl groups excluding tert-OH is 1. The minimum absolute atomic E-state index is 0.274. The highest BCUT2D eigenvalue weighted by Gasteiger charge is 2.16. The zero-order chi connectivity index (χ0) is 14.7. The highest BCUT2D eigenvalue weighted by Crippen LogP contribution is 2.28. The van der Waals surface area contributed by atoms with Crippen molar-refractivity contribution in [3.05, 3.63) is 46.5 Å². The molecule has 0 spiro atoms. The second-order valence-electron chi connectivity index (χ2n) is 5.00. The van der Waals surface area contributed by atoms with E-state index in [4.69, 9.17) is 4.74 Å². The lowest BCUT2D eigenvalue weighted by Gasteiger charge is -2.17. The van der Waals surface area contributed by atoms with Crippen LogP contribution in [0, 0.1) is 0 Å². The van der Waals surface area contributed by atoms with E-state index in [-0.39, 0.29) is 6.04 Å².